The first-order valence-electron chi connectivity index (χ1n) is 10.2. The van der Waals surface area contributed by atoms with Crippen LogP contribution in [0.1, 0.15) is 24.2 Å². The molecule has 0 atom stereocenters. The van der Waals surface area contributed by atoms with Gasteiger partial charge in [-0.3, -0.25) is 9.59 Å². The molecule has 1 aromatic heterocycles. The van der Waals surface area contributed by atoms with Gasteiger partial charge >= 0.3 is 0 Å². The fraction of sp³-hybridized carbons (Fsp3) is 0.348. The third-order valence-corrected chi connectivity index (χ3v) is 5.21. The molecule has 1 aliphatic rings. The van der Waals surface area contributed by atoms with Crippen LogP contribution in [0.2, 0.25) is 0 Å². The number of nitrogens with zero attached hydrogens (tertiary/aromatic N) is 2. The van der Waals surface area contributed by atoms with Crippen molar-refractivity contribution in [3.8, 4) is 5.75 Å². The molecule has 2 aromatic carbocycles. The largest absolute Gasteiger partial charge is 0.484 e. The van der Waals surface area contributed by atoms with Crippen molar-refractivity contribution in [1.29, 1.82) is 0 Å². The lowest BCUT2D eigenvalue weighted by Crippen LogP contribution is -2.27. The molecule has 2 amide bonds. The minimum atomic E-state index is -0.227. The number of aryl methyl sites for hydroxylation is 2. The first-order valence-corrected chi connectivity index (χ1v) is 10.2. The number of fused-ring (bicyclic) bond motifs is 1. The van der Waals surface area contributed by atoms with Crippen molar-refractivity contribution in [3.05, 3.63) is 53.9 Å². The molecular weight excluding hydrogens is 380 g/mol. The van der Waals surface area contributed by atoms with Gasteiger partial charge in [0.1, 0.15) is 11.6 Å². The van der Waals surface area contributed by atoms with E-state index < -0.39 is 0 Å². The third-order valence-electron chi connectivity index (χ3n) is 5.21. The zero-order valence-corrected chi connectivity index (χ0v) is 17.3. The van der Waals surface area contributed by atoms with E-state index >= 15 is 0 Å². The fourth-order valence-corrected chi connectivity index (χ4v) is 3.39. The fourth-order valence-electron chi connectivity index (χ4n) is 3.39. The predicted molar refractivity (Wildman–Crippen MR) is 115 cm³/mol. The molecule has 0 bridgehead atoms. The Bertz CT molecular complexity index is 1090. The summed E-state index contributed by atoms with van der Waals surface area (Å²) < 4.78 is 7.57. The molecule has 0 radical (unpaired) electrons. The Morgan fingerprint density at radius 1 is 1.20 bits per heavy atom. The Morgan fingerprint density at radius 2 is 2.03 bits per heavy atom. The average Bonchev–Trinajstić information content (AvgIpc) is 3.52. The van der Waals surface area contributed by atoms with Crippen LogP contribution in [-0.4, -0.2) is 34.5 Å². The molecular formula is C23H26N4O3. The summed E-state index contributed by atoms with van der Waals surface area (Å²) in [5.74, 6) is 1.70. The summed E-state index contributed by atoms with van der Waals surface area (Å²) in [5.41, 5.74) is 3.54. The molecule has 7 nitrogen and oxygen atoms in total. The number of rotatable bonds is 8. The van der Waals surface area contributed by atoms with Crippen LogP contribution in [0.15, 0.2) is 42.5 Å². The van der Waals surface area contributed by atoms with Crippen LogP contribution in [-0.2, 0) is 23.1 Å². The molecule has 7 heteroatoms. The molecule has 1 heterocycles. The molecule has 4 rings (SSSR count). The van der Waals surface area contributed by atoms with Crippen molar-refractivity contribution in [2.45, 2.75) is 26.2 Å². The molecule has 1 aliphatic carbocycles. The van der Waals surface area contributed by atoms with Gasteiger partial charge in [0.25, 0.3) is 5.91 Å². The molecule has 1 fully saturated rings. The number of anilines is 1. The summed E-state index contributed by atoms with van der Waals surface area (Å²) in [7, 11) is 1.96. The molecule has 2 N–H and O–H groups in total. The summed E-state index contributed by atoms with van der Waals surface area (Å²) in [6, 6.07) is 13.2. The number of carbonyl (C=O) groups excluding carboxylic acids is 2. The normalized spacial score (nSPS) is 13.3. The minimum absolute atomic E-state index is 0.0599. The minimum Gasteiger partial charge on any atom is -0.484 e. The van der Waals surface area contributed by atoms with Crippen LogP contribution in [0.4, 0.5) is 5.69 Å². The molecule has 3 aromatic rings. The van der Waals surface area contributed by atoms with E-state index in [-0.39, 0.29) is 24.3 Å². The third kappa shape index (κ3) is 4.79. The van der Waals surface area contributed by atoms with E-state index in [0.29, 0.717) is 24.4 Å². The summed E-state index contributed by atoms with van der Waals surface area (Å²) >= 11 is 0. The van der Waals surface area contributed by atoms with Crippen LogP contribution in [0, 0.1) is 12.8 Å². The van der Waals surface area contributed by atoms with E-state index in [1.807, 2.05) is 61.0 Å². The van der Waals surface area contributed by atoms with E-state index in [4.69, 9.17) is 4.74 Å². The van der Waals surface area contributed by atoms with Crippen molar-refractivity contribution in [3.63, 3.8) is 0 Å². The second-order valence-corrected chi connectivity index (χ2v) is 7.76. The monoisotopic (exact) mass is 406 g/mol. The Hall–Kier alpha value is -3.35. The van der Waals surface area contributed by atoms with E-state index in [2.05, 4.69) is 15.6 Å². The van der Waals surface area contributed by atoms with Gasteiger partial charge in [0.15, 0.2) is 6.61 Å². The summed E-state index contributed by atoms with van der Waals surface area (Å²) in [4.78, 5) is 28.7. The molecule has 156 valence electrons. The maximum absolute atomic E-state index is 12.2. The second kappa shape index (κ2) is 8.57. The van der Waals surface area contributed by atoms with Crippen molar-refractivity contribution in [2.24, 2.45) is 13.0 Å². The Labute approximate surface area is 175 Å². The molecule has 0 unspecified atom stereocenters. The highest BCUT2D eigenvalue weighted by Gasteiger charge is 2.29. The zero-order chi connectivity index (χ0) is 21.1. The Morgan fingerprint density at radius 3 is 2.80 bits per heavy atom. The standard InChI is InChI=1S/C23H26N4O3/c1-15-4-3-5-18(12-15)30-14-22(28)25-17-8-9-20-19(13-17)26-21(27(20)2)10-11-24-23(29)16-6-7-16/h3-5,8-9,12-13,16H,6-7,10-11,14H2,1-2H3,(H,24,29)(H,25,28). The van der Waals surface area contributed by atoms with Crippen LogP contribution < -0.4 is 15.4 Å². The lowest BCUT2D eigenvalue weighted by molar-refractivity contribution is -0.122. The maximum Gasteiger partial charge on any atom is 0.262 e. The van der Waals surface area contributed by atoms with Gasteiger partial charge in [-0.1, -0.05) is 12.1 Å². The average molecular weight is 406 g/mol. The number of imidazole rings is 1. The van der Waals surface area contributed by atoms with Crippen molar-refractivity contribution in [1.82, 2.24) is 14.9 Å². The van der Waals surface area contributed by atoms with Gasteiger partial charge in [-0.05, 0) is 55.7 Å². The van der Waals surface area contributed by atoms with E-state index in [1.165, 1.54) is 0 Å². The number of benzene rings is 2. The number of ether oxygens (including phenoxy) is 1. The number of hydrogen-bond donors (Lipinski definition) is 2. The van der Waals surface area contributed by atoms with Crippen molar-refractivity contribution < 1.29 is 14.3 Å². The van der Waals surface area contributed by atoms with Crippen LogP contribution >= 0.6 is 0 Å². The quantitative estimate of drug-likeness (QED) is 0.602. The second-order valence-electron chi connectivity index (χ2n) is 7.76. The highest BCUT2D eigenvalue weighted by Crippen LogP contribution is 2.28. The topological polar surface area (TPSA) is 85.2 Å². The number of nitrogens with one attached hydrogen (secondary N) is 2. The smallest absolute Gasteiger partial charge is 0.262 e. The van der Waals surface area contributed by atoms with E-state index in [1.54, 1.807) is 0 Å². The summed E-state index contributed by atoms with van der Waals surface area (Å²) in [6.45, 7) is 2.49. The van der Waals surface area contributed by atoms with Gasteiger partial charge in [-0.15, -0.1) is 0 Å². The van der Waals surface area contributed by atoms with Gasteiger partial charge in [0.2, 0.25) is 5.91 Å². The summed E-state index contributed by atoms with van der Waals surface area (Å²) in [6.07, 6.45) is 2.67. The predicted octanol–water partition coefficient (Wildman–Crippen LogP) is 2.97. The number of hydrogen-bond acceptors (Lipinski definition) is 4. The van der Waals surface area contributed by atoms with Gasteiger partial charge in [0.05, 0.1) is 11.0 Å². The highest BCUT2D eigenvalue weighted by atomic mass is 16.5. The van der Waals surface area contributed by atoms with Crippen LogP contribution in [0.5, 0.6) is 5.75 Å². The number of aromatic nitrogens is 2. The molecule has 30 heavy (non-hydrogen) atoms. The molecule has 1 saturated carbocycles. The van der Waals surface area contributed by atoms with Crippen LogP contribution in [0.3, 0.4) is 0 Å². The molecule has 0 saturated heterocycles. The van der Waals surface area contributed by atoms with Crippen molar-refractivity contribution >= 4 is 28.5 Å². The lowest BCUT2D eigenvalue weighted by atomic mass is 10.2. The highest BCUT2D eigenvalue weighted by molar-refractivity contribution is 5.94. The SMILES string of the molecule is Cc1cccc(OCC(=O)Nc2ccc3c(c2)nc(CCNC(=O)C2CC2)n3C)c1. The van der Waals surface area contributed by atoms with Gasteiger partial charge in [0, 0.05) is 31.6 Å². The first-order chi connectivity index (χ1) is 14.5. The van der Waals surface area contributed by atoms with E-state index in [0.717, 1.165) is 35.3 Å². The molecule has 0 spiro atoms. The summed E-state index contributed by atoms with van der Waals surface area (Å²) in [5, 5.41) is 5.82. The van der Waals surface area contributed by atoms with Crippen molar-refractivity contribution in [2.75, 3.05) is 18.5 Å². The van der Waals surface area contributed by atoms with Gasteiger partial charge in [-0.2, -0.15) is 0 Å². The first kappa shape index (κ1) is 19.9. The van der Waals surface area contributed by atoms with Gasteiger partial charge in [-0.25, -0.2) is 4.98 Å². The Kier molecular flexibility index (Phi) is 5.70. The van der Waals surface area contributed by atoms with Gasteiger partial charge < -0.3 is 19.9 Å². The van der Waals surface area contributed by atoms with Crippen LogP contribution in [0.25, 0.3) is 11.0 Å². The molecule has 0 aliphatic heterocycles. The number of carbonyl (C=O) groups is 2. The lowest BCUT2D eigenvalue weighted by Gasteiger charge is -2.08. The zero-order valence-electron chi connectivity index (χ0n) is 17.3. The van der Waals surface area contributed by atoms with E-state index in [9.17, 15) is 9.59 Å². The maximum atomic E-state index is 12.2. The Balaban J connectivity index is 1.35. The number of amides is 2.